The SMILES string of the molecule is CCC(C)NC(=O)C(C)N(Cc1ccccc1C)C(=O)COc1ccc(C(C)C)cc1. The van der Waals surface area contributed by atoms with E-state index < -0.39 is 6.04 Å². The van der Waals surface area contributed by atoms with Gasteiger partial charge >= 0.3 is 0 Å². The third-order valence-corrected chi connectivity index (χ3v) is 5.68. The van der Waals surface area contributed by atoms with Crippen LogP contribution in [-0.4, -0.2) is 35.4 Å². The highest BCUT2D eigenvalue weighted by Gasteiger charge is 2.27. The van der Waals surface area contributed by atoms with E-state index >= 15 is 0 Å². The third-order valence-electron chi connectivity index (χ3n) is 5.68. The average Bonchev–Trinajstić information content (AvgIpc) is 2.76. The summed E-state index contributed by atoms with van der Waals surface area (Å²) < 4.78 is 5.76. The Balaban J connectivity index is 2.14. The van der Waals surface area contributed by atoms with Crippen LogP contribution in [0.2, 0.25) is 0 Å². The van der Waals surface area contributed by atoms with Gasteiger partial charge in [-0.15, -0.1) is 0 Å². The van der Waals surface area contributed by atoms with Crippen molar-refractivity contribution in [2.75, 3.05) is 6.61 Å². The number of aryl methyl sites for hydroxylation is 1. The van der Waals surface area contributed by atoms with E-state index in [0.29, 0.717) is 18.2 Å². The van der Waals surface area contributed by atoms with Gasteiger partial charge in [0.1, 0.15) is 11.8 Å². The van der Waals surface area contributed by atoms with Crippen LogP contribution in [-0.2, 0) is 16.1 Å². The fraction of sp³-hybridized carbons (Fsp3) is 0.462. The lowest BCUT2D eigenvalue weighted by Gasteiger charge is -2.30. The van der Waals surface area contributed by atoms with Gasteiger partial charge < -0.3 is 15.0 Å². The highest BCUT2D eigenvalue weighted by atomic mass is 16.5. The normalized spacial score (nSPS) is 12.9. The molecule has 2 rings (SSSR count). The lowest BCUT2D eigenvalue weighted by atomic mass is 10.0. The molecule has 5 heteroatoms. The molecule has 0 heterocycles. The molecule has 31 heavy (non-hydrogen) atoms. The first-order valence-corrected chi connectivity index (χ1v) is 11.1. The molecule has 0 spiro atoms. The first-order chi connectivity index (χ1) is 14.7. The maximum Gasteiger partial charge on any atom is 0.261 e. The van der Waals surface area contributed by atoms with E-state index in [2.05, 4.69) is 19.2 Å². The number of benzene rings is 2. The average molecular weight is 425 g/mol. The zero-order chi connectivity index (χ0) is 23.0. The minimum atomic E-state index is -0.604. The van der Waals surface area contributed by atoms with Crippen molar-refractivity contribution in [1.29, 1.82) is 0 Å². The topological polar surface area (TPSA) is 58.6 Å². The van der Waals surface area contributed by atoms with E-state index in [1.54, 1.807) is 11.8 Å². The van der Waals surface area contributed by atoms with E-state index in [9.17, 15) is 9.59 Å². The molecule has 2 atom stereocenters. The van der Waals surface area contributed by atoms with Crippen molar-refractivity contribution < 1.29 is 14.3 Å². The standard InChI is InChI=1S/C26H36N2O3/c1-7-20(5)27-26(30)21(6)28(16-23-11-9-8-10-19(23)4)25(29)17-31-24-14-12-22(13-15-24)18(2)3/h8-15,18,20-21H,7,16-17H2,1-6H3,(H,27,30). The molecule has 168 valence electrons. The highest BCUT2D eigenvalue weighted by Crippen LogP contribution is 2.19. The van der Waals surface area contributed by atoms with Gasteiger partial charge in [-0.2, -0.15) is 0 Å². The van der Waals surface area contributed by atoms with Crippen LogP contribution in [0.1, 0.15) is 63.6 Å². The Morgan fingerprint density at radius 2 is 1.65 bits per heavy atom. The Bertz CT molecular complexity index is 861. The van der Waals surface area contributed by atoms with Crippen molar-refractivity contribution in [2.45, 2.75) is 72.5 Å². The Morgan fingerprint density at radius 3 is 2.23 bits per heavy atom. The Kier molecular flexibility index (Phi) is 9.10. The fourth-order valence-electron chi connectivity index (χ4n) is 3.20. The molecular formula is C26H36N2O3. The monoisotopic (exact) mass is 424 g/mol. The van der Waals surface area contributed by atoms with Crippen LogP contribution in [0.5, 0.6) is 5.75 Å². The molecule has 0 bridgehead atoms. The molecule has 0 aliphatic heterocycles. The van der Waals surface area contributed by atoms with E-state index in [-0.39, 0.29) is 24.5 Å². The number of hydrogen-bond acceptors (Lipinski definition) is 3. The van der Waals surface area contributed by atoms with Gasteiger partial charge in [0.05, 0.1) is 0 Å². The molecule has 0 saturated heterocycles. The highest BCUT2D eigenvalue weighted by molar-refractivity contribution is 5.88. The molecule has 0 fully saturated rings. The van der Waals surface area contributed by atoms with Crippen molar-refractivity contribution in [3.63, 3.8) is 0 Å². The summed E-state index contributed by atoms with van der Waals surface area (Å²) in [7, 11) is 0. The Morgan fingerprint density at radius 1 is 1.00 bits per heavy atom. The summed E-state index contributed by atoms with van der Waals surface area (Å²) in [4.78, 5) is 27.5. The zero-order valence-electron chi connectivity index (χ0n) is 19.6. The number of carbonyl (C=O) groups is 2. The van der Waals surface area contributed by atoms with Crippen molar-refractivity contribution in [1.82, 2.24) is 10.2 Å². The van der Waals surface area contributed by atoms with Crippen LogP contribution in [0.15, 0.2) is 48.5 Å². The van der Waals surface area contributed by atoms with Crippen molar-refractivity contribution >= 4 is 11.8 Å². The maximum atomic E-state index is 13.1. The van der Waals surface area contributed by atoms with Crippen LogP contribution in [0.25, 0.3) is 0 Å². The molecule has 1 N–H and O–H groups in total. The summed E-state index contributed by atoms with van der Waals surface area (Å²) in [6.07, 6.45) is 0.833. The van der Waals surface area contributed by atoms with Crippen LogP contribution < -0.4 is 10.1 Å². The predicted octanol–water partition coefficient (Wildman–Crippen LogP) is 4.83. The molecule has 2 aromatic carbocycles. The van der Waals surface area contributed by atoms with E-state index in [0.717, 1.165) is 17.5 Å². The number of hydrogen-bond donors (Lipinski definition) is 1. The molecule has 0 aromatic heterocycles. The Labute approximate surface area is 186 Å². The number of nitrogens with one attached hydrogen (secondary N) is 1. The molecule has 0 radical (unpaired) electrons. The first kappa shape index (κ1) is 24.4. The van der Waals surface area contributed by atoms with Gasteiger partial charge in [-0.25, -0.2) is 0 Å². The Hall–Kier alpha value is -2.82. The van der Waals surface area contributed by atoms with Crippen molar-refractivity contribution in [3.05, 3.63) is 65.2 Å². The molecule has 2 unspecified atom stereocenters. The number of nitrogens with zero attached hydrogens (tertiary/aromatic N) is 1. The molecule has 2 aromatic rings. The first-order valence-electron chi connectivity index (χ1n) is 11.1. The molecule has 5 nitrogen and oxygen atoms in total. The van der Waals surface area contributed by atoms with Crippen LogP contribution in [0, 0.1) is 6.92 Å². The molecule has 0 aliphatic rings. The van der Waals surface area contributed by atoms with E-state index in [1.807, 2.05) is 69.3 Å². The van der Waals surface area contributed by atoms with Crippen LogP contribution in [0.3, 0.4) is 0 Å². The third kappa shape index (κ3) is 7.12. The lowest BCUT2D eigenvalue weighted by molar-refractivity contribution is -0.142. The van der Waals surface area contributed by atoms with Crippen LogP contribution in [0.4, 0.5) is 0 Å². The molecule has 0 aliphatic carbocycles. The largest absolute Gasteiger partial charge is 0.484 e. The van der Waals surface area contributed by atoms with E-state index in [4.69, 9.17) is 4.74 Å². The summed E-state index contributed by atoms with van der Waals surface area (Å²) in [5, 5.41) is 2.98. The quantitative estimate of drug-likeness (QED) is 0.594. The summed E-state index contributed by atoms with van der Waals surface area (Å²) in [6, 6.07) is 15.1. The van der Waals surface area contributed by atoms with Crippen molar-refractivity contribution in [3.8, 4) is 5.75 Å². The smallest absolute Gasteiger partial charge is 0.261 e. The number of carbonyl (C=O) groups excluding carboxylic acids is 2. The second kappa shape index (κ2) is 11.5. The van der Waals surface area contributed by atoms with Gasteiger partial charge in [0.25, 0.3) is 5.91 Å². The minimum absolute atomic E-state index is 0.0566. The zero-order valence-corrected chi connectivity index (χ0v) is 19.6. The summed E-state index contributed by atoms with van der Waals surface area (Å²) in [5.41, 5.74) is 3.32. The van der Waals surface area contributed by atoms with Crippen LogP contribution >= 0.6 is 0 Å². The number of rotatable bonds is 10. The number of ether oxygens (including phenoxy) is 1. The van der Waals surface area contributed by atoms with Gasteiger partial charge in [-0.05, 0) is 61.9 Å². The van der Waals surface area contributed by atoms with Crippen molar-refractivity contribution in [2.24, 2.45) is 0 Å². The van der Waals surface area contributed by atoms with Gasteiger partial charge in [0.2, 0.25) is 5.91 Å². The lowest BCUT2D eigenvalue weighted by Crippen LogP contribution is -2.50. The van der Waals surface area contributed by atoms with Gasteiger partial charge in [-0.1, -0.05) is 57.2 Å². The second-order valence-electron chi connectivity index (χ2n) is 8.45. The fourth-order valence-corrected chi connectivity index (χ4v) is 3.20. The minimum Gasteiger partial charge on any atom is -0.484 e. The second-order valence-corrected chi connectivity index (χ2v) is 8.45. The molecular weight excluding hydrogens is 388 g/mol. The summed E-state index contributed by atoms with van der Waals surface area (Å²) in [6.45, 7) is 12.3. The maximum absolute atomic E-state index is 13.1. The van der Waals surface area contributed by atoms with Gasteiger partial charge in [0, 0.05) is 12.6 Å². The summed E-state index contributed by atoms with van der Waals surface area (Å²) in [5.74, 6) is 0.705. The van der Waals surface area contributed by atoms with Gasteiger partial charge in [0.15, 0.2) is 6.61 Å². The van der Waals surface area contributed by atoms with Gasteiger partial charge in [-0.3, -0.25) is 9.59 Å². The molecule has 2 amide bonds. The number of amides is 2. The van der Waals surface area contributed by atoms with E-state index in [1.165, 1.54) is 5.56 Å². The predicted molar refractivity (Wildman–Crippen MR) is 125 cm³/mol. The molecule has 0 saturated carbocycles. The summed E-state index contributed by atoms with van der Waals surface area (Å²) >= 11 is 0.